The Hall–Kier alpha value is -1.51. The molecule has 0 unspecified atom stereocenters. The molecule has 1 aromatic heterocycles. The van der Waals surface area contributed by atoms with Crippen molar-refractivity contribution < 1.29 is 12.8 Å². The number of anilines is 1. The zero-order valence-electron chi connectivity index (χ0n) is 10.4. The van der Waals surface area contributed by atoms with Gasteiger partial charge in [0.2, 0.25) is 0 Å². The second kappa shape index (κ2) is 5.47. The molecule has 0 atom stereocenters. The third-order valence-corrected chi connectivity index (χ3v) is 5.55. The van der Waals surface area contributed by atoms with Gasteiger partial charge in [-0.2, -0.15) is 0 Å². The van der Waals surface area contributed by atoms with Gasteiger partial charge in [0.25, 0.3) is 10.0 Å². The number of sulfonamides is 1. The van der Waals surface area contributed by atoms with Crippen molar-refractivity contribution in [2.45, 2.75) is 11.1 Å². The Balaban J connectivity index is 2.42. The molecule has 0 aliphatic carbocycles. The second-order valence-corrected chi connectivity index (χ2v) is 7.66. The maximum Gasteiger partial charge on any atom is 0.271 e. The van der Waals surface area contributed by atoms with E-state index in [9.17, 15) is 12.8 Å². The van der Waals surface area contributed by atoms with E-state index in [0.717, 1.165) is 28.3 Å². The van der Waals surface area contributed by atoms with E-state index in [1.165, 1.54) is 12.1 Å². The van der Waals surface area contributed by atoms with Crippen LogP contribution in [-0.2, 0) is 10.0 Å². The second-order valence-electron chi connectivity index (χ2n) is 4.02. The molecule has 106 valence electrons. The highest BCUT2D eigenvalue weighted by Gasteiger charge is 2.18. The summed E-state index contributed by atoms with van der Waals surface area (Å²) < 4.78 is 40.1. The van der Waals surface area contributed by atoms with Crippen molar-refractivity contribution in [1.82, 2.24) is 0 Å². The molecule has 0 spiro atoms. The van der Waals surface area contributed by atoms with Gasteiger partial charge >= 0.3 is 0 Å². The monoisotopic (exact) mass is 330 g/mol. The highest BCUT2D eigenvalue weighted by Crippen LogP contribution is 2.25. The Kier molecular flexibility index (Phi) is 4.07. The minimum Gasteiger partial charge on any atom is -0.389 e. The van der Waals surface area contributed by atoms with Crippen LogP contribution in [0.3, 0.4) is 0 Å². The van der Waals surface area contributed by atoms with E-state index in [0.29, 0.717) is 0 Å². The first-order valence-corrected chi connectivity index (χ1v) is 8.19. The molecule has 2 aromatic rings. The molecular formula is C12H11FN2O2S3. The maximum atomic E-state index is 13.2. The Morgan fingerprint density at radius 1 is 1.35 bits per heavy atom. The van der Waals surface area contributed by atoms with E-state index in [1.807, 2.05) is 6.92 Å². The summed E-state index contributed by atoms with van der Waals surface area (Å²) in [6.45, 7) is 1.81. The first kappa shape index (κ1) is 14.9. The topological polar surface area (TPSA) is 72.2 Å². The van der Waals surface area contributed by atoms with Gasteiger partial charge in [-0.3, -0.25) is 4.72 Å². The van der Waals surface area contributed by atoms with E-state index in [-0.39, 0.29) is 20.4 Å². The van der Waals surface area contributed by atoms with Crippen molar-refractivity contribution in [3.8, 4) is 0 Å². The summed E-state index contributed by atoms with van der Waals surface area (Å²) in [5, 5.41) is 0. The lowest BCUT2D eigenvalue weighted by Crippen LogP contribution is -2.17. The Morgan fingerprint density at radius 3 is 2.60 bits per heavy atom. The molecule has 4 nitrogen and oxygen atoms in total. The van der Waals surface area contributed by atoms with Crippen molar-refractivity contribution in [3.05, 3.63) is 46.6 Å². The summed E-state index contributed by atoms with van der Waals surface area (Å²) in [6.07, 6.45) is 0. The minimum atomic E-state index is -3.73. The van der Waals surface area contributed by atoms with Crippen LogP contribution in [0.25, 0.3) is 0 Å². The molecule has 20 heavy (non-hydrogen) atoms. The number of thiophene rings is 1. The van der Waals surface area contributed by atoms with Crippen molar-refractivity contribution in [3.63, 3.8) is 0 Å². The van der Waals surface area contributed by atoms with Crippen molar-refractivity contribution >= 4 is 44.3 Å². The Bertz CT molecular complexity index is 769. The summed E-state index contributed by atoms with van der Waals surface area (Å²) in [6, 6.07) is 6.74. The third-order valence-electron chi connectivity index (χ3n) is 2.47. The number of aryl methyl sites for hydroxylation is 1. The number of nitrogens with two attached hydrogens (primary N) is 1. The predicted octanol–water partition coefficient (Wildman–Crippen LogP) is 2.63. The predicted molar refractivity (Wildman–Crippen MR) is 82.2 cm³/mol. The van der Waals surface area contributed by atoms with Gasteiger partial charge in [-0.1, -0.05) is 12.2 Å². The van der Waals surface area contributed by atoms with Gasteiger partial charge in [-0.25, -0.2) is 12.8 Å². The number of nitrogens with one attached hydrogen (secondary N) is 1. The number of hydrogen-bond acceptors (Lipinski definition) is 4. The molecule has 0 saturated carbocycles. The largest absolute Gasteiger partial charge is 0.389 e. The zero-order chi connectivity index (χ0) is 14.9. The number of thiocarbonyl (C=S) groups is 1. The van der Waals surface area contributed by atoms with Crippen LogP contribution in [0.5, 0.6) is 0 Å². The van der Waals surface area contributed by atoms with Gasteiger partial charge in [0.1, 0.15) is 15.0 Å². The Morgan fingerprint density at radius 2 is 2.05 bits per heavy atom. The van der Waals surface area contributed by atoms with Crippen LogP contribution >= 0.6 is 23.6 Å². The van der Waals surface area contributed by atoms with E-state index in [2.05, 4.69) is 4.72 Å². The molecule has 2 rings (SSSR count). The summed E-state index contributed by atoms with van der Waals surface area (Å²) in [5.74, 6) is -0.539. The van der Waals surface area contributed by atoms with Gasteiger partial charge in [-0.15, -0.1) is 11.3 Å². The molecule has 1 aromatic carbocycles. The van der Waals surface area contributed by atoms with Gasteiger partial charge < -0.3 is 5.73 Å². The highest BCUT2D eigenvalue weighted by molar-refractivity contribution is 7.94. The maximum absolute atomic E-state index is 13.2. The first-order valence-electron chi connectivity index (χ1n) is 5.48. The smallest absolute Gasteiger partial charge is 0.271 e. The van der Waals surface area contributed by atoms with Gasteiger partial charge in [0.05, 0.1) is 5.69 Å². The third kappa shape index (κ3) is 3.14. The summed E-state index contributed by atoms with van der Waals surface area (Å²) >= 11 is 5.94. The molecule has 1 heterocycles. The van der Waals surface area contributed by atoms with Crippen LogP contribution in [-0.4, -0.2) is 13.4 Å². The molecule has 0 amide bonds. The number of rotatable bonds is 4. The van der Waals surface area contributed by atoms with Crippen LogP contribution in [0.4, 0.5) is 10.1 Å². The molecule has 0 aliphatic heterocycles. The molecule has 0 fully saturated rings. The molecular weight excluding hydrogens is 319 g/mol. The SMILES string of the molecule is Cc1ccc(S(=O)(=O)Nc2ccc(F)cc2C(N)=S)s1. The molecule has 8 heteroatoms. The van der Waals surface area contributed by atoms with E-state index < -0.39 is 15.8 Å². The fourth-order valence-corrected chi connectivity index (χ4v) is 4.09. The summed E-state index contributed by atoms with van der Waals surface area (Å²) in [7, 11) is -3.73. The quantitative estimate of drug-likeness (QED) is 0.845. The van der Waals surface area contributed by atoms with Crippen LogP contribution in [0, 0.1) is 12.7 Å². The van der Waals surface area contributed by atoms with E-state index in [1.54, 1.807) is 6.07 Å². The first-order chi connectivity index (χ1) is 9.29. The van der Waals surface area contributed by atoms with Crippen LogP contribution in [0.15, 0.2) is 34.5 Å². The van der Waals surface area contributed by atoms with E-state index in [4.69, 9.17) is 18.0 Å². The molecule has 3 N–H and O–H groups in total. The lowest BCUT2D eigenvalue weighted by atomic mass is 10.2. The molecule has 0 saturated heterocycles. The Labute approximate surface area is 125 Å². The summed E-state index contributed by atoms with van der Waals surface area (Å²) in [5.41, 5.74) is 5.78. The molecule has 0 bridgehead atoms. The zero-order valence-corrected chi connectivity index (χ0v) is 12.8. The van der Waals surface area contributed by atoms with Crippen LogP contribution < -0.4 is 10.5 Å². The van der Waals surface area contributed by atoms with Crippen molar-refractivity contribution in [2.75, 3.05) is 4.72 Å². The lowest BCUT2D eigenvalue weighted by Gasteiger charge is -2.11. The molecule has 0 aliphatic rings. The van der Waals surface area contributed by atoms with Crippen molar-refractivity contribution in [2.24, 2.45) is 5.73 Å². The molecule has 0 radical (unpaired) electrons. The number of hydrogen-bond donors (Lipinski definition) is 2. The fraction of sp³-hybridized carbons (Fsp3) is 0.0833. The standard InChI is InChI=1S/C12H11FN2O2S3/c1-7-2-5-11(19-7)20(16,17)15-10-4-3-8(13)6-9(10)12(14)18/h2-6,15H,1H3,(H2,14,18). The minimum absolute atomic E-state index is 0.0791. The van der Waals surface area contributed by atoms with E-state index >= 15 is 0 Å². The average Bonchev–Trinajstić information content (AvgIpc) is 2.78. The normalized spacial score (nSPS) is 11.3. The average molecular weight is 330 g/mol. The van der Waals surface area contributed by atoms with Gasteiger partial charge in [-0.05, 0) is 37.3 Å². The number of halogens is 1. The highest BCUT2D eigenvalue weighted by atomic mass is 32.2. The van der Waals surface area contributed by atoms with Crippen molar-refractivity contribution in [1.29, 1.82) is 0 Å². The summed E-state index contributed by atoms with van der Waals surface area (Å²) in [4.78, 5) is 0.795. The van der Waals surface area contributed by atoms with Gasteiger partial charge in [0.15, 0.2) is 0 Å². The van der Waals surface area contributed by atoms with Gasteiger partial charge in [0, 0.05) is 10.4 Å². The van der Waals surface area contributed by atoms with Crippen LogP contribution in [0.2, 0.25) is 0 Å². The fourth-order valence-electron chi connectivity index (χ4n) is 1.56. The van der Waals surface area contributed by atoms with Crippen LogP contribution in [0.1, 0.15) is 10.4 Å². The lowest BCUT2D eigenvalue weighted by molar-refractivity contribution is 0.603. The number of benzene rings is 1.